The Morgan fingerprint density at radius 2 is 2.28 bits per heavy atom. The van der Waals surface area contributed by atoms with Crippen molar-refractivity contribution in [2.75, 3.05) is 6.54 Å². The predicted molar refractivity (Wildman–Crippen MR) is 72.2 cm³/mol. The number of rotatable bonds is 6. The number of hydrogen-bond acceptors (Lipinski definition) is 3. The Morgan fingerprint density at radius 1 is 1.39 bits per heavy atom. The Morgan fingerprint density at radius 3 is 3.00 bits per heavy atom. The topological polar surface area (TPSA) is 42.7 Å². The molecule has 0 radical (unpaired) electrons. The summed E-state index contributed by atoms with van der Waals surface area (Å²) < 4.78 is 1.86. The molecule has 0 aliphatic carbocycles. The summed E-state index contributed by atoms with van der Waals surface area (Å²) in [4.78, 5) is 0. The molecular weight excluding hydrogens is 224 g/mol. The predicted octanol–water partition coefficient (Wildman–Crippen LogP) is 2.33. The van der Waals surface area contributed by atoms with Crippen LogP contribution in [0.1, 0.15) is 30.5 Å². The molecule has 0 saturated heterocycles. The van der Waals surface area contributed by atoms with Gasteiger partial charge in [0.1, 0.15) is 0 Å². The second-order valence-electron chi connectivity index (χ2n) is 4.61. The van der Waals surface area contributed by atoms with E-state index in [2.05, 4.69) is 53.7 Å². The SMILES string of the molecule is Cc1cccc(C(C)NCCCn2ccnn2)c1. The quantitative estimate of drug-likeness (QED) is 0.793. The summed E-state index contributed by atoms with van der Waals surface area (Å²) in [7, 11) is 0. The zero-order chi connectivity index (χ0) is 12.8. The molecule has 2 aromatic rings. The van der Waals surface area contributed by atoms with Crippen LogP contribution in [0.3, 0.4) is 0 Å². The van der Waals surface area contributed by atoms with Crippen LogP contribution < -0.4 is 5.32 Å². The van der Waals surface area contributed by atoms with Gasteiger partial charge < -0.3 is 5.32 Å². The first-order valence-electron chi connectivity index (χ1n) is 6.40. The van der Waals surface area contributed by atoms with Crippen molar-refractivity contribution in [2.45, 2.75) is 32.9 Å². The molecule has 1 heterocycles. The van der Waals surface area contributed by atoms with Gasteiger partial charge in [-0.05, 0) is 32.4 Å². The van der Waals surface area contributed by atoms with Crippen molar-refractivity contribution < 1.29 is 0 Å². The Labute approximate surface area is 108 Å². The Balaban J connectivity index is 1.73. The normalized spacial score (nSPS) is 12.6. The van der Waals surface area contributed by atoms with Gasteiger partial charge in [-0.15, -0.1) is 5.10 Å². The molecule has 1 aromatic carbocycles. The van der Waals surface area contributed by atoms with Crippen molar-refractivity contribution in [1.29, 1.82) is 0 Å². The molecular formula is C14H20N4. The van der Waals surface area contributed by atoms with Crippen LogP contribution in [0.25, 0.3) is 0 Å². The van der Waals surface area contributed by atoms with Crippen LogP contribution in [0.4, 0.5) is 0 Å². The molecule has 0 saturated carbocycles. The molecule has 1 aromatic heterocycles. The molecule has 0 aliphatic rings. The minimum atomic E-state index is 0.389. The lowest BCUT2D eigenvalue weighted by atomic mass is 10.1. The van der Waals surface area contributed by atoms with E-state index in [9.17, 15) is 0 Å². The first-order chi connectivity index (χ1) is 8.75. The van der Waals surface area contributed by atoms with Crippen molar-refractivity contribution in [3.63, 3.8) is 0 Å². The lowest BCUT2D eigenvalue weighted by molar-refractivity contribution is 0.499. The minimum Gasteiger partial charge on any atom is -0.310 e. The van der Waals surface area contributed by atoms with Crippen LogP contribution in [-0.2, 0) is 6.54 Å². The summed E-state index contributed by atoms with van der Waals surface area (Å²) in [5.41, 5.74) is 2.65. The molecule has 1 atom stereocenters. The smallest absolute Gasteiger partial charge is 0.0692 e. The molecule has 0 bridgehead atoms. The molecule has 96 valence electrons. The molecule has 2 rings (SSSR count). The van der Waals surface area contributed by atoms with E-state index in [-0.39, 0.29) is 0 Å². The minimum absolute atomic E-state index is 0.389. The largest absolute Gasteiger partial charge is 0.310 e. The van der Waals surface area contributed by atoms with Gasteiger partial charge in [-0.3, -0.25) is 4.68 Å². The number of aryl methyl sites for hydroxylation is 2. The first kappa shape index (κ1) is 12.8. The number of nitrogens with zero attached hydrogens (tertiary/aromatic N) is 3. The summed E-state index contributed by atoms with van der Waals surface area (Å²) in [5, 5.41) is 11.3. The fraction of sp³-hybridized carbons (Fsp3) is 0.429. The molecule has 0 spiro atoms. The van der Waals surface area contributed by atoms with E-state index in [1.807, 2.05) is 10.9 Å². The van der Waals surface area contributed by atoms with E-state index in [1.165, 1.54) is 11.1 Å². The van der Waals surface area contributed by atoms with Gasteiger partial charge in [-0.2, -0.15) is 0 Å². The van der Waals surface area contributed by atoms with Crippen molar-refractivity contribution >= 4 is 0 Å². The fourth-order valence-corrected chi connectivity index (χ4v) is 1.97. The third-order valence-electron chi connectivity index (χ3n) is 3.03. The standard InChI is InChI=1S/C14H20N4/c1-12-5-3-6-14(11-12)13(2)15-7-4-9-18-10-8-16-17-18/h3,5-6,8,10-11,13,15H,4,7,9H2,1-2H3. The molecule has 1 unspecified atom stereocenters. The van der Waals surface area contributed by atoms with E-state index < -0.39 is 0 Å². The molecule has 18 heavy (non-hydrogen) atoms. The highest BCUT2D eigenvalue weighted by Crippen LogP contribution is 2.13. The maximum Gasteiger partial charge on any atom is 0.0692 e. The van der Waals surface area contributed by atoms with Gasteiger partial charge in [0.25, 0.3) is 0 Å². The average Bonchev–Trinajstić information content (AvgIpc) is 2.87. The number of benzene rings is 1. The average molecular weight is 244 g/mol. The number of nitrogens with one attached hydrogen (secondary N) is 1. The highest BCUT2D eigenvalue weighted by atomic mass is 15.4. The number of aromatic nitrogens is 3. The molecule has 0 aliphatic heterocycles. The maximum atomic E-state index is 3.94. The third-order valence-corrected chi connectivity index (χ3v) is 3.03. The summed E-state index contributed by atoms with van der Waals surface area (Å²) in [5.74, 6) is 0. The highest BCUT2D eigenvalue weighted by Gasteiger charge is 2.03. The second-order valence-corrected chi connectivity index (χ2v) is 4.61. The Hall–Kier alpha value is -1.68. The van der Waals surface area contributed by atoms with Crippen molar-refractivity contribution in [1.82, 2.24) is 20.3 Å². The maximum absolute atomic E-state index is 3.94. The highest BCUT2D eigenvalue weighted by molar-refractivity contribution is 5.24. The van der Waals surface area contributed by atoms with E-state index in [1.54, 1.807) is 6.20 Å². The first-order valence-corrected chi connectivity index (χ1v) is 6.40. The van der Waals surface area contributed by atoms with E-state index in [0.717, 1.165) is 19.5 Å². The molecule has 4 heteroatoms. The van der Waals surface area contributed by atoms with Crippen LogP contribution in [0.2, 0.25) is 0 Å². The van der Waals surface area contributed by atoms with Gasteiger partial charge >= 0.3 is 0 Å². The molecule has 1 N–H and O–H groups in total. The lowest BCUT2D eigenvalue weighted by Gasteiger charge is -2.14. The summed E-state index contributed by atoms with van der Waals surface area (Å²) in [6, 6.07) is 9.02. The van der Waals surface area contributed by atoms with Gasteiger partial charge in [-0.25, -0.2) is 0 Å². The monoisotopic (exact) mass is 244 g/mol. The molecule has 0 amide bonds. The second kappa shape index (κ2) is 6.31. The lowest BCUT2D eigenvalue weighted by Crippen LogP contribution is -2.21. The van der Waals surface area contributed by atoms with Gasteiger partial charge in [0.15, 0.2) is 0 Å². The van der Waals surface area contributed by atoms with Crippen LogP contribution in [-0.4, -0.2) is 21.5 Å². The summed E-state index contributed by atoms with van der Waals surface area (Å²) >= 11 is 0. The van der Waals surface area contributed by atoms with Gasteiger partial charge in [0.2, 0.25) is 0 Å². The van der Waals surface area contributed by atoms with Gasteiger partial charge in [-0.1, -0.05) is 35.0 Å². The van der Waals surface area contributed by atoms with Crippen LogP contribution in [0.15, 0.2) is 36.7 Å². The van der Waals surface area contributed by atoms with Crippen LogP contribution in [0, 0.1) is 6.92 Å². The zero-order valence-electron chi connectivity index (χ0n) is 11.0. The number of hydrogen-bond donors (Lipinski definition) is 1. The summed E-state index contributed by atoms with van der Waals surface area (Å²) in [6.07, 6.45) is 4.66. The van der Waals surface area contributed by atoms with Gasteiger partial charge in [0, 0.05) is 18.8 Å². The van der Waals surface area contributed by atoms with Crippen molar-refractivity contribution in [3.8, 4) is 0 Å². The summed E-state index contributed by atoms with van der Waals surface area (Å²) in [6.45, 7) is 6.22. The van der Waals surface area contributed by atoms with Crippen molar-refractivity contribution in [3.05, 3.63) is 47.8 Å². The van der Waals surface area contributed by atoms with E-state index in [0.29, 0.717) is 6.04 Å². The molecule has 0 fully saturated rings. The van der Waals surface area contributed by atoms with E-state index in [4.69, 9.17) is 0 Å². The Bertz CT molecular complexity index is 464. The van der Waals surface area contributed by atoms with E-state index >= 15 is 0 Å². The third kappa shape index (κ3) is 3.67. The fourth-order valence-electron chi connectivity index (χ4n) is 1.97. The van der Waals surface area contributed by atoms with Crippen LogP contribution >= 0.6 is 0 Å². The van der Waals surface area contributed by atoms with Crippen molar-refractivity contribution in [2.24, 2.45) is 0 Å². The zero-order valence-corrected chi connectivity index (χ0v) is 11.0. The Kier molecular flexibility index (Phi) is 4.47. The molecule has 4 nitrogen and oxygen atoms in total. The van der Waals surface area contributed by atoms with Crippen LogP contribution in [0.5, 0.6) is 0 Å². The van der Waals surface area contributed by atoms with Gasteiger partial charge in [0.05, 0.1) is 6.20 Å².